The number of alkyl halides is 3. The summed E-state index contributed by atoms with van der Waals surface area (Å²) >= 11 is 6.00. The van der Waals surface area contributed by atoms with Crippen LogP contribution in [0.1, 0.15) is 12.6 Å². The fourth-order valence-electron chi connectivity index (χ4n) is 2.65. The van der Waals surface area contributed by atoms with Crippen molar-refractivity contribution in [1.82, 2.24) is 14.5 Å². The average molecular weight is 504 g/mol. The van der Waals surface area contributed by atoms with Crippen LogP contribution in [0, 0.1) is 5.82 Å². The van der Waals surface area contributed by atoms with Crippen molar-refractivity contribution in [3.63, 3.8) is 0 Å². The molecule has 14 heteroatoms. The molecule has 180 valence electrons. The van der Waals surface area contributed by atoms with E-state index in [0.717, 1.165) is 6.07 Å². The van der Waals surface area contributed by atoms with Gasteiger partial charge in [0, 0.05) is 18.3 Å². The number of carbonyl (C=O) groups excluding carboxylic acids is 1. The van der Waals surface area contributed by atoms with Crippen molar-refractivity contribution < 1.29 is 36.6 Å². The summed E-state index contributed by atoms with van der Waals surface area (Å²) in [4.78, 5) is 41.3. The van der Waals surface area contributed by atoms with Gasteiger partial charge >= 0.3 is 17.8 Å². The summed E-state index contributed by atoms with van der Waals surface area (Å²) in [6.45, 7) is 1.23. The highest BCUT2D eigenvalue weighted by Crippen LogP contribution is 2.36. The lowest BCUT2D eigenvalue weighted by molar-refractivity contribution is -0.145. The number of aromatic amines is 1. The number of benzene rings is 1. The molecule has 0 aliphatic rings. The molecule has 0 amide bonds. The molecule has 1 N–H and O–H groups in total. The maximum absolute atomic E-state index is 14.5. The molecule has 0 radical (unpaired) electrons. The first-order chi connectivity index (χ1) is 16.0. The van der Waals surface area contributed by atoms with Crippen LogP contribution in [0.4, 0.5) is 17.6 Å². The van der Waals surface area contributed by atoms with Gasteiger partial charge in [-0.2, -0.15) is 13.2 Å². The van der Waals surface area contributed by atoms with Crippen molar-refractivity contribution in [3.8, 4) is 23.1 Å². The fourth-order valence-corrected chi connectivity index (χ4v) is 2.84. The Bertz CT molecular complexity index is 1310. The molecule has 3 rings (SSSR count). The van der Waals surface area contributed by atoms with Crippen LogP contribution in [0.2, 0.25) is 5.02 Å². The number of carbonyl (C=O) groups is 1. The van der Waals surface area contributed by atoms with Crippen LogP contribution in [-0.2, 0) is 15.7 Å². The summed E-state index contributed by atoms with van der Waals surface area (Å²) < 4.78 is 68.8. The van der Waals surface area contributed by atoms with Crippen LogP contribution < -0.4 is 20.7 Å². The Morgan fingerprint density at radius 1 is 1.21 bits per heavy atom. The molecule has 0 spiro atoms. The van der Waals surface area contributed by atoms with Crippen molar-refractivity contribution in [2.75, 3.05) is 13.2 Å². The van der Waals surface area contributed by atoms with Gasteiger partial charge in [0.1, 0.15) is 17.3 Å². The molecule has 2 heterocycles. The van der Waals surface area contributed by atoms with Gasteiger partial charge in [0.15, 0.2) is 12.4 Å². The topological polar surface area (TPSA) is 113 Å². The largest absolute Gasteiger partial charge is 0.463 e. The molecule has 0 atom stereocenters. The van der Waals surface area contributed by atoms with Gasteiger partial charge in [-0.25, -0.2) is 23.5 Å². The van der Waals surface area contributed by atoms with E-state index in [1.54, 1.807) is 6.92 Å². The summed E-state index contributed by atoms with van der Waals surface area (Å²) in [6, 6.07) is 4.45. The first-order valence-electron chi connectivity index (χ1n) is 9.35. The highest BCUT2D eigenvalue weighted by atomic mass is 35.5. The number of ether oxygens (including phenoxy) is 3. The summed E-state index contributed by atoms with van der Waals surface area (Å²) in [6.07, 6.45) is -3.67. The van der Waals surface area contributed by atoms with Crippen molar-refractivity contribution in [2.24, 2.45) is 0 Å². The Hall–Kier alpha value is -3.87. The number of esters is 1. The molecular formula is C20H14ClF4N3O6. The molecule has 1 aromatic carbocycles. The average Bonchev–Trinajstić information content (AvgIpc) is 2.75. The first kappa shape index (κ1) is 24.8. The van der Waals surface area contributed by atoms with E-state index in [2.05, 4.69) is 4.98 Å². The summed E-state index contributed by atoms with van der Waals surface area (Å²) in [5.74, 6) is -2.41. The van der Waals surface area contributed by atoms with Gasteiger partial charge in [-0.1, -0.05) is 11.6 Å². The van der Waals surface area contributed by atoms with Crippen LogP contribution in [0.3, 0.4) is 0 Å². The number of hydrogen-bond acceptors (Lipinski definition) is 7. The lowest BCUT2D eigenvalue weighted by Crippen LogP contribution is -2.36. The third kappa shape index (κ3) is 5.54. The number of H-pyrrole nitrogens is 1. The monoisotopic (exact) mass is 503 g/mol. The van der Waals surface area contributed by atoms with E-state index in [0.29, 0.717) is 6.07 Å². The van der Waals surface area contributed by atoms with Gasteiger partial charge < -0.3 is 19.2 Å². The Morgan fingerprint density at radius 3 is 2.59 bits per heavy atom. The summed E-state index contributed by atoms with van der Waals surface area (Å²) in [5, 5.41) is -0.308. The highest BCUT2D eigenvalue weighted by Gasteiger charge is 2.33. The molecule has 2 aromatic heterocycles. The maximum Gasteiger partial charge on any atom is 0.431 e. The quantitative estimate of drug-likeness (QED) is 0.388. The predicted octanol–water partition coefficient (Wildman–Crippen LogP) is 3.47. The third-order valence-electron chi connectivity index (χ3n) is 4.07. The first-order valence-corrected chi connectivity index (χ1v) is 9.73. The molecule has 3 aromatic rings. The molecule has 0 unspecified atom stereocenters. The summed E-state index contributed by atoms with van der Waals surface area (Å²) in [7, 11) is 0. The zero-order valence-electron chi connectivity index (χ0n) is 17.1. The summed E-state index contributed by atoms with van der Waals surface area (Å²) in [5.41, 5.74) is -5.30. The molecule has 9 nitrogen and oxygen atoms in total. The van der Waals surface area contributed by atoms with Gasteiger partial charge in [-0.3, -0.25) is 4.79 Å². The fraction of sp³-hybridized carbons (Fsp3) is 0.200. The van der Waals surface area contributed by atoms with Crippen molar-refractivity contribution in [3.05, 3.63) is 73.9 Å². The number of nitrogens with one attached hydrogen (secondary N) is 1. The molecule has 0 aliphatic carbocycles. The molecule has 0 aliphatic heterocycles. The zero-order chi connectivity index (χ0) is 25.0. The van der Waals surface area contributed by atoms with Crippen LogP contribution in [0.25, 0.3) is 5.69 Å². The molecule has 0 fully saturated rings. The maximum atomic E-state index is 14.5. The highest BCUT2D eigenvalue weighted by molar-refractivity contribution is 6.32. The van der Waals surface area contributed by atoms with E-state index in [9.17, 15) is 31.9 Å². The SMILES string of the molecule is CCOC(=O)COc1ncccc1Oc1cc(-n2c(=O)cc(C(F)(F)F)[nH]c2=O)c(F)cc1Cl. The number of rotatable bonds is 7. The van der Waals surface area contributed by atoms with E-state index < -0.39 is 47.2 Å². The number of aromatic nitrogens is 3. The second kappa shape index (κ2) is 9.95. The number of nitrogens with zero attached hydrogens (tertiary/aromatic N) is 2. The zero-order valence-corrected chi connectivity index (χ0v) is 17.9. The van der Waals surface area contributed by atoms with E-state index in [1.807, 2.05) is 0 Å². The van der Waals surface area contributed by atoms with E-state index in [-0.39, 0.29) is 39.6 Å². The van der Waals surface area contributed by atoms with E-state index in [4.69, 9.17) is 25.8 Å². The Balaban J connectivity index is 2.00. The lowest BCUT2D eigenvalue weighted by Gasteiger charge is -2.14. The second-order valence-corrected chi connectivity index (χ2v) is 6.80. The van der Waals surface area contributed by atoms with Gasteiger partial charge in [0.2, 0.25) is 0 Å². The lowest BCUT2D eigenvalue weighted by atomic mass is 10.2. The molecule has 0 saturated carbocycles. The number of hydrogen-bond donors (Lipinski definition) is 1. The van der Waals surface area contributed by atoms with Crippen molar-refractivity contribution in [1.29, 1.82) is 0 Å². The number of halogens is 5. The minimum absolute atomic E-state index is 0.0834. The van der Waals surface area contributed by atoms with Gasteiger partial charge in [0.05, 0.1) is 17.3 Å². The van der Waals surface area contributed by atoms with E-state index in [1.165, 1.54) is 23.3 Å². The van der Waals surface area contributed by atoms with Crippen LogP contribution in [0.5, 0.6) is 17.4 Å². The minimum atomic E-state index is -5.00. The smallest absolute Gasteiger partial charge is 0.431 e. The number of pyridine rings is 1. The van der Waals surface area contributed by atoms with Gasteiger partial charge in [0.25, 0.3) is 11.4 Å². The Morgan fingerprint density at radius 2 is 1.94 bits per heavy atom. The molecule has 0 bridgehead atoms. The normalized spacial score (nSPS) is 11.2. The molecule has 34 heavy (non-hydrogen) atoms. The Kier molecular flexibility index (Phi) is 7.25. The molecule has 0 saturated heterocycles. The van der Waals surface area contributed by atoms with Crippen LogP contribution in [0.15, 0.2) is 46.1 Å². The van der Waals surface area contributed by atoms with Crippen LogP contribution in [-0.4, -0.2) is 33.7 Å². The standard InChI is InChI=1S/C20H14ClF4N3O6/c1-2-32-17(30)9-33-18-13(4-3-5-26-18)34-14-7-12(11(22)6-10(14)21)28-16(29)8-15(20(23,24)25)27-19(28)31/h3-8H,2,9H2,1H3,(H,27,31). The predicted molar refractivity (Wildman–Crippen MR) is 109 cm³/mol. The van der Waals surface area contributed by atoms with Gasteiger partial charge in [-0.15, -0.1) is 0 Å². The molecular weight excluding hydrogens is 490 g/mol. The van der Waals surface area contributed by atoms with Crippen molar-refractivity contribution in [2.45, 2.75) is 13.1 Å². The van der Waals surface area contributed by atoms with Crippen LogP contribution >= 0.6 is 11.6 Å². The van der Waals surface area contributed by atoms with E-state index >= 15 is 0 Å². The van der Waals surface area contributed by atoms with Crippen molar-refractivity contribution >= 4 is 17.6 Å². The second-order valence-electron chi connectivity index (χ2n) is 6.40. The Labute approximate surface area is 192 Å². The minimum Gasteiger partial charge on any atom is -0.463 e. The third-order valence-corrected chi connectivity index (χ3v) is 4.36. The van der Waals surface area contributed by atoms with Gasteiger partial charge in [-0.05, 0) is 25.1 Å².